The molecule has 0 aliphatic rings. The van der Waals surface area contributed by atoms with Crippen LogP contribution in [0.25, 0.3) is 38.2 Å². The standard InChI is InChI=1S/C17H10N4OS2/c22-21-14-4-3-11(16-2-1-6-24-16)8-15(14)20-17(19-21)13(9-18-20)12-5-7-23-10-12/h1-10H. The molecule has 0 aliphatic heterocycles. The maximum Gasteiger partial charge on any atom is 0.270 e. The Balaban J connectivity index is 1.84. The predicted octanol–water partition coefficient (Wildman–Crippen LogP) is 3.97. The first-order valence-electron chi connectivity index (χ1n) is 7.29. The fourth-order valence-corrected chi connectivity index (χ4v) is 4.21. The number of nitrogens with zero attached hydrogens (tertiary/aromatic N) is 4. The molecule has 4 heterocycles. The molecule has 0 amide bonds. The van der Waals surface area contributed by atoms with Crippen LogP contribution < -0.4 is 4.85 Å². The molecule has 24 heavy (non-hydrogen) atoms. The van der Waals surface area contributed by atoms with Gasteiger partial charge < -0.3 is 5.21 Å². The first-order chi connectivity index (χ1) is 11.8. The highest BCUT2D eigenvalue weighted by Crippen LogP contribution is 2.29. The van der Waals surface area contributed by atoms with Gasteiger partial charge in [-0.3, -0.25) is 0 Å². The molecule has 0 saturated carbocycles. The summed E-state index contributed by atoms with van der Waals surface area (Å²) in [7, 11) is 0. The zero-order valence-corrected chi connectivity index (χ0v) is 13.9. The van der Waals surface area contributed by atoms with Crippen molar-refractivity contribution in [3.8, 4) is 21.6 Å². The molecule has 4 aromatic heterocycles. The second-order valence-corrected chi connectivity index (χ2v) is 7.09. The Morgan fingerprint density at radius 1 is 1.08 bits per heavy atom. The van der Waals surface area contributed by atoms with E-state index in [1.165, 1.54) is 0 Å². The van der Waals surface area contributed by atoms with E-state index in [2.05, 4.69) is 16.3 Å². The molecule has 5 aromatic rings. The normalized spacial score (nSPS) is 11.5. The number of hydrogen-bond acceptors (Lipinski definition) is 5. The molecule has 0 radical (unpaired) electrons. The number of rotatable bonds is 2. The van der Waals surface area contributed by atoms with Crippen molar-refractivity contribution in [3.05, 3.63) is 63.9 Å². The lowest BCUT2D eigenvalue weighted by Crippen LogP contribution is -2.33. The summed E-state index contributed by atoms with van der Waals surface area (Å²) in [6, 6.07) is 11.8. The van der Waals surface area contributed by atoms with Gasteiger partial charge in [0, 0.05) is 16.0 Å². The molecule has 0 aliphatic carbocycles. The molecule has 7 heteroatoms. The van der Waals surface area contributed by atoms with E-state index in [4.69, 9.17) is 0 Å². The highest BCUT2D eigenvalue weighted by molar-refractivity contribution is 7.13. The molecule has 0 spiro atoms. The van der Waals surface area contributed by atoms with Gasteiger partial charge in [-0.15, -0.1) is 11.3 Å². The zero-order valence-electron chi connectivity index (χ0n) is 12.3. The van der Waals surface area contributed by atoms with Crippen LogP contribution in [-0.4, -0.2) is 14.7 Å². The molecular formula is C17H10N4OS2. The Morgan fingerprint density at radius 3 is 2.83 bits per heavy atom. The van der Waals surface area contributed by atoms with Crippen molar-refractivity contribution in [2.24, 2.45) is 0 Å². The number of aromatic nitrogens is 4. The lowest BCUT2D eigenvalue weighted by Gasteiger charge is -2.04. The van der Waals surface area contributed by atoms with E-state index >= 15 is 0 Å². The van der Waals surface area contributed by atoms with Crippen molar-refractivity contribution in [1.29, 1.82) is 0 Å². The van der Waals surface area contributed by atoms with Gasteiger partial charge in [0.1, 0.15) is 5.52 Å². The lowest BCUT2D eigenvalue weighted by atomic mass is 10.1. The van der Waals surface area contributed by atoms with Gasteiger partial charge in [-0.05, 0) is 56.4 Å². The zero-order chi connectivity index (χ0) is 16.1. The average Bonchev–Trinajstić information content (AvgIpc) is 3.35. The van der Waals surface area contributed by atoms with Crippen molar-refractivity contribution in [1.82, 2.24) is 14.7 Å². The first-order valence-corrected chi connectivity index (χ1v) is 9.11. The minimum Gasteiger partial charge on any atom is -0.594 e. The van der Waals surface area contributed by atoms with E-state index in [0.29, 0.717) is 16.0 Å². The second-order valence-electron chi connectivity index (χ2n) is 5.36. The molecule has 116 valence electrons. The molecule has 5 rings (SSSR count). The molecule has 0 atom stereocenters. The summed E-state index contributed by atoms with van der Waals surface area (Å²) in [6.45, 7) is 0. The summed E-state index contributed by atoms with van der Waals surface area (Å²) in [5.41, 5.74) is 4.78. The third kappa shape index (κ3) is 1.95. The van der Waals surface area contributed by atoms with E-state index in [1.807, 2.05) is 40.4 Å². The molecule has 0 saturated heterocycles. The molecule has 0 N–H and O–H groups in total. The smallest absolute Gasteiger partial charge is 0.270 e. The maximum absolute atomic E-state index is 12.4. The summed E-state index contributed by atoms with van der Waals surface area (Å²) in [4.78, 5) is 1.84. The Bertz CT molecular complexity index is 1160. The third-order valence-corrected chi connectivity index (χ3v) is 5.58. The first kappa shape index (κ1) is 13.6. The van der Waals surface area contributed by atoms with Crippen LogP contribution in [0.15, 0.2) is 58.7 Å². The van der Waals surface area contributed by atoms with E-state index in [0.717, 1.165) is 27.1 Å². The summed E-state index contributed by atoms with van der Waals surface area (Å²) in [5, 5.41) is 27.1. The Labute approximate surface area is 144 Å². The number of thiophene rings is 2. The molecule has 5 nitrogen and oxygen atoms in total. The fraction of sp³-hybridized carbons (Fsp3) is 0. The summed E-state index contributed by atoms with van der Waals surface area (Å²) < 4.78 is 1.74. The van der Waals surface area contributed by atoms with E-state index in [1.54, 1.807) is 39.5 Å². The lowest BCUT2D eigenvalue weighted by molar-refractivity contribution is -0.640. The Hall–Kier alpha value is -2.77. The second kappa shape index (κ2) is 5.12. The van der Waals surface area contributed by atoms with Crippen LogP contribution in [0.1, 0.15) is 0 Å². The van der Waals surface area contributed by atoms with Crippen molar-refractivity contribution < 1.29 is 4.85 Å². The van der Waals surface area contributed by atoms with Crippen LogP contribution in [0.5, 0.6) is 0 Å². The average molecular weight is 350 g/mol. The van der Waals surface area contributed by atoms with E-state index < -0.39 is 0 Å². The van der Waals surface area contributed by atoms with Gasteiger partial charge in [-0.1, -0.05) is 6.07 Å². The molecular weight excluding hydrogens is 340 g/mol. The topological polar surface area (TPSA) is 57.1 Å². The van der Waals surface area contributed by atoms with Crippen LogP contribution >= 0.6 is 22.7 Å². The number of hydrogen-bond donors (Lipinski definition) is 0. The minimum absolute atomic E-state index is 0.503. The van der Waals surface area contributed by atoms with E-state index in [-0.39, 0.29) is 0 Å². The molecule has 1 aromatic carbocycles. The molecule has 0 bridgehead atoms. The largest absolute Gasteiger partial charge is 0.594 e. The number of benzene rings is 1. The van der Waals surface area contributed by atoms with Crippen LogP contribution in [0.3, 0.4) is 0 Å². The van der Waals surface area contributed by atoms with Gasteiger partial charge >= 0.3 is 0 Å². The summed E-state index contributed by atoms with van der Waals surface area (Å²) in [6.07, 6.45) is 1.77. The summed E-state index contributed by atoms with van der Waals surface area (Å²) in [5.74, 6) is 0. The third-order valence-electron chi connectivity index (χ3n) is 3.98. The van der Waals surface area contributed by atoms with Gasteiger partial charge in [0.15, 0.2) is 0 Å². The minimum atomic E-state index is 0.503. The monoisotopic (exact) mass is 350 g/mol. The van der Waals surface area contributed by atoms with Crippen molar-refractivity contribution in [2.75, 3.05) is 0 Å². The Morgan fingerprint density at radius 2 is 2.04 bits per heavy atom. The van der Waals surface area contributed by atoms with Gasteiger partial charge in [-0.2, -0.15) is 16.4 Å². The van der Waals surface area contributed by atoms with Crippen molar-refractivity contribution in [3.63, 3.8) is 0 Å². The molecule has 0 unspecified atom stereocenters. The van der Waals surface area contributed by atoms with Crippen molar-refractivity contribution in [2.45, 2.75) is 0 Å². The van der Waals surface area contributed by atoms with Crippen LogP contribution in [0.2, 0.25) is 0 Å². The van der Waals surface area contributed by atoms with Gasteiger partial charge in [0.25, 0.3) is 5.52 Å². The van der Waals surface area contributed by atoms with E-state index in [9.17, 15) is 5.21 Å². The van der Waals surface area contributed by atoms with Gasteiger partial charge in [0.2, 0.25) is 5.65 Å². The van der Waals surface area contributed by atoms with Crippen LogP contribution in [0, 0.1) is 5.21 Å². The van der Waals surface area contributed by atoms with Crippen molar-refractivity contribution >= 4 is 39.4 Å². The maximum atomic E-state index is 12.4. The molecule has 0 fully saturated rings. The Kier molecular flexibility index (Phi) is 2.91. The van der Waals surface area contributed by atoms with Gasteiger partial charge in [-0.25, -0.2) is 4.52 Å². The highest BCUT2D eigenvalue weighted by Gasteiger charge is 2.18. The van der Waals surface area contributed by atoms with Crippen LogP contribution in [0.4, 0.5) is 0 Å². The number of fused-ring (bicyclic) bond motifs is 3. The fourth-order valence-electron chi connectivity index (χ4n) is 2.83. The quantitative estimate of drug-likeness (QED) is 0.357. The van der Waals surface area contributed by atoms with Gasteiger partial charge in [0.05, 0.1) is 11.8 Å². The SMILES string of the molecule is [O-][n+]1nc2c(-c3ccsc3)cnn2c2cc(-c3cccs3)ccc21. The predicted molar refractivity (Wildman–Crippen MR) is 96.1 cm³/mol. The highest BCUT2D eigenvalue weighted by atomic mass is 32.1. The summed E-state index contributed by atoms with van der Waals surface area (Å²) >= 11 is 3.28. The van der Waals surface area contributed by atoms with Crippen LogP contribution in [-0.2, 0) is 0 Å².